The SMILES string of the molecule is CNC(CC1CCC1)c1nc2ccccc2cc1Br. The summed E-state index contributed by atoms with van der Waals surface area (Å²) in [4.78, 5) is 4.85. The molecule has 3 rings (SSSR count). The van der Waals surface area contributed by atoms with Gasteiger partial charge in [-0.15, -0.1) is 0 Å². The summed E-state index contributed by atoms with van der Waals surface area (Å²) in [5, 5.41) is 4.62. The van der Waals surface area contributed by atoms with Gasteiger partial charge in [-0.1, -0.05) is 37.5 Å². The van der Waals surface area contributed by atoms with Crippen LogP contribution >= 0.6 is 15.9 Å². The van der Waals surface area contributed by atoms with Crippen LogP contribution < -0.4 is 5.32 Å². The molecule has 0 radical (unpaired) electrons. The minimum absolute atomic E-state index is 0.351. The molecule has 3 heteroatoms. The molecule has 2 aromatic rings. The third-order valence-electron chi connectivity index (χ3n) is 4.18. The van der Waals surface area contributed by atoms with Gasteiger partial charge in [0.25, 0.3) is 0 Å². The molecule has 0 bridgehead atoms. The number of rotatable bonds is 4. The maximum absolute atomic E-state index is 4.85. The number of fused-ring (bicyclic) bond motifs is 1. The fourth-order valence-corrected chi connectivity index (χ4v) is 3.39. The Morgan fingerprint density at radius 1 is 1.37 bits per heavy atom. The maximum atomic E-state index is 4.85. The third kappa shape index (κ3) is 2.67. The van der Waals surface area contributed by atoms with E-state index in [0.717, 1.165) is 21.6 Å². The molecule has 1 N–H and O–H groups in total. The molecule has 1 aliphatic rings. The second-order valence-corrected chi connectivity index (χ2v) is 6.28. The Labute approximate surface area is 122 Å². The fourth-order valence-electron chi connectivity index (χ4n) is 2.78. The number of pyridine rings is 1. The van der Waals surface area contributed by atoms with Crippen molar-refractivity contribution in [2.24, 2.45) is 5.92 Å². The molecule has 19 heavy (non-hydrogen) atoms. The molecule has 1 heterocycles. The van der Waals surface area contributed by atoms with Crippen LogP contribution in [0.4, 0.5) is 0 Å². The predicted octanol–water partition coefficient (Wildman–Crippen LogP) is 4.45. The molecule has 1 atom stereocenters. The first-order valence-corrected chi connectivity index (χ1v) is 7.79. The van der Waals surface area contributed by atoms with Crippen LogP contribution in [-0.2, 0) is 0 Å². The Hall–Kier alpha value is -0.930. The molecular weight excluding hydrogens is 300 g/mol. The van der Waals surface area contributed by atoms with Gasteiger partial charge in [0.2, 0.25) is 0 Å². The van der Waals surface area contributed by atoms with Gasteiger partial charge in [0, 0.05) is 9.86 Å². The molecule has 1 unspecified atom stereocenters. The predicted molar refractivity (Wildman–Crippen MR) is 83.2 cm³/mol. The number of hydrogen-bond donors (Lipinski definition) is 1. The molecule has 100 valence electrons. The van der Waals surface area contributed by atoms with Gasteiger partial charge in [0.1, 0.15) is 0 Å². The second-order valence-electron chi connectivity index (χ2n) is 5.42. The van der Waals surface area contributed by atoms with Crippen molar-refractivity contribution in [1.29, 1.82) is 0 Å². The van der Waals surface area contributed by atoms with Gasteiger partial charge in [-0.25, -0.2) is 4.98 Å². The molecule has 1 aromatic carbocycles. The lowest BCUT2D eigenvalue weighted by atomic mass is 9.80. The highest BCUT2D eigenvalue weighted by molar-refractivity contribution is 9.10. The van der Waals surface area contributed by atoms with E-state index in [1.807, 2.05) is 13.1 Å². The van der Waals surface area contributed by atoms with Crippen LogP contribution in [0.2, 0.25) is 0 Å². The largest absolute Gasteiger partial charge is 0.312 e. The highest BCUT2D eigenvalue weighted by Gasteiger charge is 2.24. The number of nitrogens with one attached hydrogen (secondary N) is 1. The number of hydrogen-bond acceptors (Lipinski definition) is 2. The van der Waals surface area contributed by atoms with Gasteiger partial charge >= 0.3 is 0 Å². The van der Waals surface area contributed by atoms with Crippen molar-refractivity contribution in [2.45, 2.75) is 31.7 Å². The van der Waals surface area contributed by atoms with E-state index < -0.39 is 0 Å². The third-order valence-corrected chi connectivity index (χ3v) is 4.81. The Kier molecular flexibility index (Phi) is 3.85. The van der Waals surface area contributed by atoms with E-state index in [4.69, 9.17) is 4.98 Å². The zero-order valence-electron chi connectivity index (χ0n) is 11.2. The summed E-state index contributed by atoms with van der Waals surface area (Å²) < 4.78 is 1.12. The summed E-state index contributed by atoms with van der Waals surface area (Å²) in [6, 6.07) is 10.8. The number of halogens is 1. The molecule has 0 amide bonds. The highest BCUT2D eigenvalue weighted by atomic mass is 79.9. The standard InChI is InChI=1S/C16H19BrN2/c1-18-15(9-11-5-4-6-11)16-13(17)10-12-7-2-3-8-14(12)19-16/h2-3,7-8,10-11,15,18H,4-6,9H2,1H3. The van der Waals surface area contributed by atoms with Gasteiger partial charge in [-0.2, -0.15) is 0 Å². The zero-order chi connectivity index (χ0) is 13.2. The molecule has 1 aromatic heterocycles. The topological polar surface area (TPSA) is 24.9 Å². The van der Waals surface area contributed by atoms with Crippen molar-refractivity contribution < 1.29 is 0 Å². The fraction of sp³-hybridized carbons (Fsp3) is 0.438. The van der Waals surface area contributed by atoms with Crippen molar-refractivity contribution in [3.63, 3.8) is 0 Å². The monoisotopic (exact) mass is 318 g/mol. The van der Waals surface area contributed by atoms with Crippen molar-refractivity contribution in [1.82, 2.24) is 10.3 Å². The molecular formula is C16H19BrN2. The summed E-state index contributed by atoms with van der Waals surface area (Å²) in [6.07, 6.45) is 5.35. The number of benzene rings is 1. The van der Waals surface area contributed by atoms with E-state index in [9.17, 15) is 0 Å². The van der Waals surface area contributed by atoms with E-state index in [1.54, 1.807) is 0 Å². The number of aromatic nitrogens is 1. The van der Waals surface area contributed by atoms with Gasteiger partial charge in [0.15, 0.2) is 0 Å². The average Bonchev–Trinajstić information content (AvgIpc) is 2.37. The van der Waals surface area contributed by atoms with E-state index in [2.05, 4.69) is 45.5 Å². The minimum atomic E-state index is 0.351. The molecule has 0 saturated heterocycles. The van der Waals surface area contributed by atoms with Crippen molar-refractivity contribution >= 4 is 26.8 Å². The highest BCUT2D eigenvalue weighted by Crippen LogP contribution is 2.36. The summed E-state index contributed by atoms with van der Waals surface area (Å²) >= 11 is 3.69. The van der Waals surface area contributed by atoms with E-state index in [0.29, 0.717) is 6.04 Å². The van der Waals surface area contributed by atoms with Crippen molar-refractivity contribution in [3.05, 3.63) is 40.5 Å². The van der Waals surface area contributed by atoms with Crippen LogP contribution in [0.1, 0.15) is 37.4 Å². The van der Waals surface area contributed by atoms with E-state index in [1.165, 1.54) is 31.1 Å². The summed E-state index contributed by atoms with van der Waals surface area (Å²) in [6.45, 7) is 0. The van der Waals surface area contributed by atoms with Crippen molar-refractivity contribution in [2.75, 3.05) is 7.05 Å². The summed E-state index contributed by atoms with van der Waals surface area (Å²) in [5.74, 6) is 0.873. The normalized spacial score (nSPS) is 17.4. The molecule has 2 nitrogen and oxygen atoms in total. The minimum Gasteiger partial charge on any atom is -0.312 e. The molecule has 1 fully saturated rings. The quantitative estimate of drug-likeness (QED) is 0.901. The van der Waals surface area contributed by atoms with Crippen LogP contribution in [0.3, 0.4) is 0 Å². The molecule has 0 spiro atoms. The molecule has 1 saturated carbocycles. The average molecular weight is 319 g/mol. The first kappa shape index (κ1) is 13.1. The Morgan fingerprint density at radius 2 is 2.16 bits per heavy atom. The Balaban J connectivity index is 1.94. The number of nitrogens with zero attached hydrogens (tertiary/aromatic N) is 1. The lowest BCUT2D eigenvalue weighted by molar-refractivity contribution is 0.264. The molecule has 0 aliphatic heterocycles. The van der Waals surface area contributed by atoms with Gasteiger partial charge in [-0.05, 0) is 47.4 Å². The van der Waals surface area contributed by atoms with Crippen LogP contribution in [0.15, 0.2) is 34.8 Å². The van der Waals surface area contributed by atoms with E-state index in [-0.39, 0.29) is 0 Å². The lowest BCUT2D eigenvalue weighted by Gasteiger charge is -2.29. The zero-order valence-corrected chi connectivity index (χ0v) is 12.8. The first-order valence-electron chi connectivity index (χ1n) is 7.00. The number of para-hydroxylation sites is 1. The first-order chi connectivity index (χ1) is 9.28. The summed E-state index contributed by atoms with van der Waals surface area (Å²) in [7, 11) is 2.03. The second kappa shape index (κ2) is 5.59. The van der Waals surface area contributed by atoms with Gasteiger partial charge in [-0.3, -0.25) is 0 Å². The van der Waals surface area contributed by atoms with E-state index >= 15 is 0 Å². The van der Waals surface area contributed by atoms with Gasteiger partial charge in [0.05, 0.1) is 17.3 Å². The lowest BCUT2D eigenvalue weighted by Crippen LogP contribution is -2.24. The summed E-state index contributed by atoms with van der Waals surface area (Å²) in [5.41, 5.74) is 2.22. The van der Waals surface area contributed by atoms with Crippen LogP contribution in [-0.4, -0.2) is 12.0 Å². The Bertz CT molecular complexity index is 578. The van der Waals surface area contributed by atoms with Crippen LogP contribution in [0, 0.1) is 5.92 Å². The Morgan fingerprint density at radius 3 is 2.84 bits per heavy atom. The smallest absolute Gasteiger partial charge is 0.0722 e. The van der Waals surface area contributed by atoms with Crippen LogP contribution in [0.25, 0.3) is 10.9 Å². The van der Waals surface area contributed by atoms with Gasteiger partial charge < -0.3 is 5.32 Å². The molecule has 1 aliphatic carbocycles. The van der Waals surface area contributed by atoms with Crippen molar-refractivity contribution in [3.8, 4) is 0 Å². The maximum Gasteiger partial charge on any atom is 0.0722 e. The van der Waals surface area contributed by atoms with Crippen LogP contribution in [0.5, 0.6) is 0 Å².